The maximum Gasteiger partial charge on any atom is 0.248 e. The van der Waals surface area contributed by atoms with Crippen molar-refractivity contribution in [2.24, 2.45) is 5.92 Å². The van der Waals surface area contributed by atoms with Crippen LogP contribution in [0.2, 0.25) is 0 Å². The van der Waals surface area contributed by atoms with Crippen molar-refractivity contribution in [3.05, 3.63) is 29.8 Å². The van der Waals surface area contributed by atoms with Crippen LogP contribution < -0.4 is 5.32 Å². The third-order valence-corrected chi connectivity index (χ3v) is 6.25. The molecule has 2 aliphatic rings. The zero-order chi connectivity index (χ0) is 19.4. The largest absolute Gasteiger partial charge is 0.338 e. The minimum absolute atomic E-state index is 0.0453. The summed E-state index contributed by atoms with van der Waals surface area (Å²) in [6, 6.07) is 7.17. The van der Waals surface area contributed by atoms with Gasteiger partial charge in [0.15, 0.2) is 0 Å². The summed E-state index contributed by atoms with van der Waals surface area (Å²) >= 11 is 1.61. The molecule has 1 N–H and O–H groups in total. The van der Waals surface area contributed by atoms with E-state index >= 15 is 0 Å². The van der Waals surface area contributed by atoms with E-state index in [1.54, 1.807) is 16.7 Å². The summed E-state index contributed by atoms with van der Waals surface area (Å²) in [5.74, 6) is 1.20. The van der Waals surface area contributed by atoms with E-state index < -0.39 is 6.04 Å². The van der Waals surface area contributed by atoms with Crippen molar-refractivity contribution in [2.75, 3.05) is 23.5 Å². The molecule has 0 bridgehead atoms. The zero-order valence-electron chi connectivity index (χ0n) is 15.9. The van der Waals surface area contributed by atoms with Crippen LogP contribution in [-0.2, 0) is 20.9 Å². The number of amides is 3. The molecular weight excluding hydrogens is 362 g/mol. The molecular formula is C20H27N3O3S. The van der Waals surface area contributed by atoms with Crippen LogP contribution in [0, 0.1) is 5.92 Å². The molecule has 0 saturated carbocycles. The first-order valence-corrected chi connectivity index (χ1v) is 10.7. The van der Waals surface area contributed by atoms with Crippen LogP contribution in [0.1, 0.15) is 38.7 Å². The van der Waals surface area contributed by atoms with Gasteiger partial charge in [0, 0.05) is 36.9 Å². The second-order valence-corrected chi connectivity index (χ2v) is 8.24. The molecule has 2 fully saturated rings. The maximum atomic E-state index is 12.8. The highest BCUT2D eigenvalue weighted by atomic mass is 32.2. The molecule has 6 nitrogen and oxygen atoms in total. The monoisotopic (exact) mass is 389 g/mol. The Hall–Kier alpha value is -2.02. The second kappa shape index (κ2) is 8.78. The lowest BCUT2D eigenvalue weighted by Crippen LogP contribution is -2.46. The van der Waals surface area contributed by atoms with E-state index in [9.17, 15) is 14.4 Å². The van der Waals surface area contributed by atoms with Gasteiger partial charge in [0.25, 0.3) is 0 Å². The summed E-state index contributed by atoms with van der Waals surface area (Å²) in [6.07, 6.45) is 2.30. The quantitative estimate of drug-likeness (QED) is 0.812. The molecule has 0 spiro atoms. The summed E-state index contributed by atoms with van der Waals surface area (Å²) < 4.78 is 0. The van der Waals surface area contributed by atoms with Crippen LogP contribution in [0.5, 0.6) is 0 Å². The SMILES string of the molecule is CC[C@H](C)C(=O)N1CSC[C@H]1C(=O)Nc1cccc(CN2CCCC2=O)c1. The number of rotatable bonds is 6. The van der Waals surface area contributed by atoms with Crippen LogP contribution >= 0.6 is 11.8 Å². The van der Waals surface area contributed by atoms with Gasteiger partial charge in [0.2, 0.25) is 17.7 Å². The molecule has 1 aromatic rings. The summed E-state index contributed by atoms with van der Waals surface area (Å²) in [6.45, 7) is 5.25. The molecule has 0 aliphatic carbocycles. The van der Waals surface area contributed by atoms with Gasteiger partial charge >= 0.3 is 0 Å². The molecule has 2 heterocycles. The van der Waals surface area contributed by atoms with Crippen LogP contribution in [0.15, 0.2) is 24.3 Å². The Balaban J connectivity index is 1.64. The lowest BCUT2D eigenvalue weighted by atomic mass is 10.1. The van der Waals surface area contributed by atoms with E-state index in [0.717, 1.165) is 24.9 Å². The number of carbonyl (C=O) groups is 3. The van der Waals surface area contributed by atoms with Crippen molar-refractivity contribution < 1.29 is 14.4 Å². The smallest absolute Gasteiger partial charge is 0.248 e. The predicted octanol–water partition coefficient (Wildman–Crippen LogP) is 2.70. The summed E-state index contributed by atoms with van der Waals surface area (Å²) in [5.41, 5.74) is 1.70. The Morgan fingerprint density at radius 2 is 2.19 bits per heavy atom. The first-order valence-electron chi connectivity index (χ1n) is 9.55. The Morgan fingerprint density at radius 1 is 1.37 bits per heavy atom. The molecule has 0 aromatic heterocycles. The molecule has 0 radical (unpaired) electrons. The van der Waals surface area contributed by atoms with E-state index in [2.05, 4.69) is 5.32 Å². The molecule has 2 saturated heterocycles. The van der Waals surface area contributed by atoms with Gasteiger partial charge < -0.3 is 15.1 Å². The van der Waals surface area contributed by atoms with Crippen molar-refractivity contribution in [1.29, 1.82) is 0 Å². The van der Waals surface area contributed by atoms with E-state index in [-0.39, 0.29) is 23.6 Å². The van der Waals surface area contributed by atoms with Gasteiger partial charge in [-0.05, 0) is 30.5 Å². The minimum atomic E-state index is -0.430. The first-order chi connectivity index (χ1) is 13.0. The van der Waals surface area contributed by atoms with Crippen LogP contribution in [0.4, 0.5) is 5.69 Å². The number of nitrogens with zero attached hydrogens (tertiary/aromatic N) is 2. The molecule has 1 aromatic carbocycles. The molecule has 7 heteroatoms. The van der Waals surface area contributed by atoms with E-state index in [1.807, 2.05) is 43.0 Å². The fourth-order valence-electron chi connectivity index (χ4n) is 3.40. The summed E-state index contributed by atoms with van der Waals surface area (Å²) in [7, 11) is 0. The maximum absolute atomic E-state index is 12.8. The molecule has 0 unspecified atom stereocenters. The number of nitrogens with one attached hydrogen (secondary N) is 1. The predicted molar refractivity (Wildman–Crippen MR) is 107 cm³/mol. The van der Waals surface area contributed by atoms with Gasteiger partial charge in [-0.2, -0.15) is 0 Å². The lowest BCUT2D eigenvalue weighted by Gasteiger charge is -2.25. The van der Waals surface area contributed by atoms with E-state index in [0.29, 0.717) is 30.3 Å². The number of anilines is 1. The van der Waals surface area contributed by atoms with Gasteiger partial charge in [-0.15, -0.1) is 11.8 Å². The zero-order valence-corrected chi connectivity index (χ0v) is 16.8. The first kappa shape index (κ1) is 19.7. The van der Waals surface area contributed by atoms with Gasteiger partial charge in [-0.1, -0.05) is 26.0 Å². The van der Waals surface area contributed by atoms with Gasteiger partial charge in [0.1, 0.15) is 6.04 Å². The average Bonchev–Trinajstić information content (AvgIpc) is 3.30. The summed E-state index contributed by atoms with van der Waals surface area (Å²) in [4.78, 5) is 40.6. The van der Waals surface area contributed by atoms with Crippen LogP contribution in [-0.4, -0.2) is 51.7 Å². The number of hydrogen-bond acceptors (Lipinski definition) is 4. The van der Waals surface area contributed by atoms with Crippen molar-refractivity contribution in [3.8, 4) is 0 Å². The number of carbonyl (C=O) groups excluding carboxylic acids is 3. The van der Waals surface area contributed by atoms with E-state index in [4.69, 9.17) is 0 Å². The molecule has 3 amide bonds. The fraction of sp³-hybridized carbons (Fsp3) is 0.550. The number of benzene rings is 1. The molecule has 3 rings (SSSR count). The molecule has 2 aliphatic heterocycles. The third-order valence-electron chi connectivity index (χ3n) is 5.24. The average molecular weight is 390 g/mol. The van der Waals surface area contributed by atoms with Gasteiger partial charge in [-0.25, -0.2) is 0 Å². The Labute approximate surface area is 164 Å². The Morgan fingerprint density at radius 3 is 2.89 bits per heavy atom. The number of hydrogen-bond donors (Lipinski definition) is 1. The Bertz CT molecular complexity index is 724. The normalized spacial score (nSPS) is 20.8. The highest BCUT2D eigenvalue weighted by Gasteiger charge is 2.36. The third kappa shape index (κ3) is 4.64. The van der Waals surface area contributed by atoms with Gasteiger partial charge in [-0.3, -0.25) is 14.4 Å². The summed E-state index contributed by atoms with van der Waals surface area (Å²) in [5, 5.41) is 2.95. The Kier molecular flexibility index (Phi) is 6.42. The second-order valence-electron chi connectivity index (χ2n) is 7.24. The van der Waals surface area contributed by atoms with Crippen molar-refractivity contribution >= 4 is 35.2 Å². The highest BCUT2D eigenvalue weighted by molar-refractivity contribution is 7.99. The van der Waals surface area contributed by atoms with Crippen molar-refractivity contribution in [1.82, 2.24) is 9.80 Å². The fourth-order valence-corrected chi connectivity index (χ4v) is 4.56. The minimum Gasteiger partial charge on any atom is -0.338 e. The number of likely N-dealkylation sites (tertiary alicyclic amines) is 1. The topological polar surface area (TPSA) is 69.7 Å². The number of thioether (sulfide) groups is 1. The molecule has 146 valence electrons. The molecule has 2 atom stereocenters. The van der Waals surface area contributed by atoms with Crippen molar-refractivity contribution in [3.63, 3.8) is 0 Å². The van der Waals surface area contributed by atoms with Crippen LogP contribution in [0.3, 0.4) is 0 Å². The van der Waals surface area contributed by atoms with Gasteiger partial charge in [0.05, 0.1) is 5.88 Å². The molecule has 27 heavy (non-hydrogen) atoms. The van der Waals surface area contributed by atoms with Crippen LogP contribution in [0.25, 0.3) is 0 Å². The lowest BCUT2D eigenvalue weighted by molar-refractivity contribution is -0.139. The van der Waals surface area contributed by atoms with E-state index in [1.165, 1.54) is 0 Å². The standard InChI is InChI=1S/C20H27N3O3S/c1-3-14(2)20(26)23-13-27-12-17(23)19(25)21-16-7-4-6-15(10-16)11-22-9-5-8-18(22)24/h4,6-7,10,14,17H,3,5,8-9,11-13H2,1-2H3,(H,21,25)/t14-,17-/m0/s1. The highest BCUT2D eigenvalue weighted by Crippen LogP contribution is 2.25. The van der Waals surface area contributed by atoms with Crippen molar-refractivity contribution in [2.45, 2.75) is 45.7 Å².